The summed E-state index contributed by atoms with van der Waals surface area (Å²) in [6, 6.07) is 11.8. The highest BCUT2D eigenvalue weighted by Gasteiger charge is 2.25. The molecule has 5 aromatic rings. The number of nitrogens with zero attached hydrogens (tertiary/aromatic N) is 5. The summed E-state index contributed by atoms with van der Waals surface area (Å²) in [5.74, 6) is 2.20. The van der Waals surface area contributed by atoms with Crippen LogP contribution in [0.15, 0.2) is 70.0 Å². The van der Waals surface area contributed by atoms with Gasteiger partial charge in [0.15, 0.2) is 11.6 Å². The zero-order chi connectivity index (χ0) is 26.8. The number of likely N-dealkylation sites (tertiary alicyclic amines) is 1. The summed E-state index contributed by atoms with van der Waals surface area (Å²) in [6.45, 7) is 3.03. The summed E-state index contributed by atoms with van der Waals surface area (Å²) < 4.78 is 25.3. The van der Waals surface area contributed by atoms with Crippen molar-refractivity contribution in [3.05, 3.63) is 71.9 Å². The first kappa shape index (κ1) is 25.7. The number of ether oxygens (including phenoxy) is 1. The number of piperidine rings is 1. The van der Waals surface area contributed by atoms with Crippen molar-refractivity contribution in [1.29, 1.82) is 0 Å². The first-order chi connectivity index (χ1) is 19.0. The molecule has 0 bridgehead atoms. The van der Waals surface area contributed by atoms with Crippen LogP contribution in [0.5, 0.6) is 11.5 Å². The third-order valence-electron chi connectivity index (χ3n) is 6.38. The molecule has 5 heterocycles. The van der Waals surface area contributed by atoms with E-state index in [2.05, 4.69) is 19.7 Å². The first-order valence-corrected chi connectivity index (χ1v) is 14.8. The Morgan fingerprint density at radius 1 is 1.15 bits per heavy atom. The van der Waals surface area contributed by atoms with Crippen molar-refractivity contribution >= 4 is 61.7 Å². The van der Waals surface area contributed by atoms with E-state index in [0.29, 0.717) is 35.5 Å². The number of anilines is 2. The molecule has 0 spiro atoms. The van der Waals surface area contributed by atoms with E-state index in [1.165, 1.54) is 23.7 Å². The van der Waals surface area contributed by atoms with Crippen LogP contribution in [0.3, 0.4) is 0 Å². The minimum absolute atomic E-state index is 0.104. The van der Waals surface area contributed by atoms with E-state index in [9.17, 15) is 9.18 Å². The summed E-state index contributed by atoms with van der Waals surface area (Å²) in [4.78, 5) is 29.3. The van der Waals surface area contributed by atoms with Gasteiger partial charge in [-0.05, 0) is 54.6 Å². The average molecular weight is 579 g/mol. The number of thiophene rings is 1. The van der Waals surface area contributed by atoms with Gasteiger partial charge in [0.2, 0.25) is 11.0 Å². The van der Waals surface area contributed by atoms with Gasteiger partial charge >= 0.3 is 0 Å². The molecular formula is C27H23FN6O2S3. The fourth-order valence-corrected chi connectivity index (χ4v) is 6.87. The number of carbonyl (C=O) groups excluding carboxylic acids is 1. The molecule has 0 radical (unpaired) electrons. The maximum atomic E-state index is 13.5. The number of benzene rings is 1. The quantitative estimate of drug-likeness (QED) is 0.219. The number of amides is 1. The molecule has 1 aliphatic heterocycles. The maximum Gasteiger partial charge on any atom is 0.219 e. The molecule has 4 aromatic heterocycles. The molecule has 6 rings (SSSR count). The second kappa shape index (κ2) is 11.2. The van der Waals surface area contributed by atoms with Crippen molar-refractivity contribution in [2.75, 3.05) is 18.4 Å². The van der Waals surface area contributed by atoms with Crippen molar-refractivity contribution in [2.24, 2.45) is 0 Å². The largest absolute Gasteiger partial charge is 0.453 e. The SMILES string of the molecule is CC(=O)N1CCC(c2nsc(Nc3ncc(Sc4ccnc5ccsc45)cc3Oc3ccc(F)cc3)n2)CC1. The standard InChI is InChI=1S/C27H23FN6O2S3/c1-16(35)34-11-7-17(8-12-34)25-31-27(39-33-25)32-26-22(36-19-4-2-18(28)3-5-19)14-20(15-30-26)38-23-6-10-29-21-9-13-37-24(21)23/h2-6,9-10,13-15,17H,7-8,11-12H2,1H3,(H,30,31,32,33). The summed E-state index contributed by atoms with van der Waals surface area (Å²) >= 11 is 4.48. The van der Waals surface area contributed by atoms with Gasteiger partial charge in [0, 0.05) is 65.7 Å². The van der Waals surface area contributed by atoms with E-state index >= 15 is 0 Å². The molecule has 8 nitrogen and oxygen atoms in total. The summed E-state index contributed by atoms with van der Waals surface area (Å²) in [5.41, 5.74) is 0.957. The second-order valence-corrected chi connectivity index (χ2v) is 11.8. The van der Waals surface area contributed by atoms with Crippen LogP contribution in [0.1, 0.15) is 31.5 Å². The molecule has 0 unspecified atom stereocenters. The van der Waals surface area contributed by atoms with Gasteiger partial charge in [0.1, 0.15) is 17.4 Å². The van der Waals surface area contributed by atoms with Crippen LogP contribution >= 0.6 is 34.6 Å². The molecule has 1 fully saturated rings. The highest BCUT2D eigenvalue weighted by Crippen LogP contribution is 2.39. The van der Waals surface area contributed by atoms with Crippen LogP contribution in [0.4, 0.5) is 15.3 Å². The third-order valence-corrected chi connectivity index (χ3v) is 9.11. The number of rotatable bonds is 7. The Balaban J connectivity index is 1.25. The Labute approximate surface area is 236 Å². The van der Waals surface area contributed by atoms with Crippen molar-refractivity contribution in [3.8, 4) is 11.5 Å². The number of aromatic nitrogens is 4. The summed E-state index contributed by atoms with van der Waals surface area (Å²) in [7, 11) is 0. The van der Waals surface area contributed by atoms with Crippen LogP contribution in [0.2, 0.25) is 0 Å². The lowest BCUT2D eigenvalue weighted by Crippen LogP contribution is -2.36. The van der Waals surface area contributed by atoms with Crippen LogP contribution in [0.25, 0.3) is 10.2 Å². The van der Waals surface area contributed by atoms with Crippen LogP contribution in [0, 0.1) is 5.82 Å². The Morgan fingerprint density at radius 2 is 1.97 bits per heavy atom. The summed E-state index contributed by atoms with van der Waals surface area (Å²) in [6.07, 6.45) is 5.26. The molecule has 1 saturated heterocycles. The molecule has 12 heteroatoms. The number of carbonyl (C=O) groups is 1. The van der Waals surface area contributed by atoms with Gasteiger partial charge in [-0.3, -0.25) is 9.78 Å². The fourth-order valence-electron chi connectivity index (χ4n) is 4.35. The normalized spacial score (nSPS) is 14.1. The lowest BCUT2D eigenvalue weighted by atomic mass is 9.96. The molecule has 1 amide bonds. The number of hydrogen-bond acceptors (Lipinski definition) is 10. The Kier molecular flexibility index (Phi) is 7.40. The van der Waals surface area contributed by atoms with Gasteiger partial charge in [0.25, 0.3) is 0 Å². The smallest absolute Gasteiger partial charge is 0.219 e. The van der Waals surface area contributed by atoms with Gasteiger partial charge in [-0.2, -0.15) is 4.37 Å². The van der Waals surface area contributed by atoms with Gasteiger partial charge in [-0.25, -0.2) is 14.4 Å². The number of pyridine rings is 2. The van der Waals surface area contributed by atoms with Crippen molar-refractivity contribution in [1.82, 2.24) is 24.2 Å². The topological polar surface area (TPSA) is 93.1 Å². The van der Waals surface area contributed by atoms with E-state index in [1.54, 1.807) is 54.5 Å². The monoisotopic (exact) mass is 578 g/mol. The van der Waals surface area contributed by atoms with E-state index in [-0.39, 0.29) is 17.6 Å². The zero-order valence-electron chi connectivity index (χ0n) is 20.8. The zero-order valence-corrected chi connectivity index (χ0v) is 23.3. The highest BCUT2D eigenvalue weighted by molar-refractivity contribution is 7.99. The van der Waals surface area contributed by atoms with Crippen LogP contribution in [-0.2, 0) is 4.79 Å². The van der Waals surface area contributed by atoms with E-state index in [4.69, 9.17) is 9.72 Å². The number of halogens is 1. The van der Waals surface area contributed by atoms with Crippen molar-refractivity contribution < 1.29 is 13.9 Å². The number of nitrogens with one attached hydrogen (secondary N) is 1. The number of fused-ring (bicyclic) bond motifs is 1. The molecule has 39 heavy (non-hydrogen) atoms. The second-order valence-electron chi connectivity index (χ2n) is 8.98. The fraction of sp³-hybridized carbons (Fsp3) is 0.222. The predicted molar refractivity (Wildman–Crippen MR) is 152 cm³/mol. The van der Waals surface area contributed by atoms with Gasteiger partial charge in [0.05, 0.1) is 10.2 Å². The van der Waals surface area contributed by atoms with Crippen molar-refractivity contribution in [3.63, 3.8) is 0 Å². The Hall–Kier alpha value is -3.61. The van der Waals surface area contributed by atoms with Crippen molar-refractivity contribution in [2.45, 2.75) is 35.5 Å². The Bertz CT molecular complexity index is 1620. The molecule has 0 saturated carbocycles. The Morgan fingerprint density at radius 3 is 2.77 bits per heavy atom. The molecule has 1 N–H and O–H groups in total. The third kappa shape index (κ3) is 5.87. The van der Waals surface area contributed by atoms with Crippen LogP contribution < -0.4 is 10.1 Å². The molecular weight excluding hydrogens is 556 g/mol. The molecule has 0 aliphatic carbocycles. The van der Waals surface area contributed by atoms with E-state index < -0.39 is 0 Å². The molecule has 0 atom stereocenters. The molecule has 1 aliphatic rings. The molecule has 1 aromatic carbocycles. The number of hydrogen-bond donors (Lipinski definition) is 1. The van der Waals surface area contributed by atoms with Gasteiger partial charge in [-0.1, -0.05) is 11.8 Å². The lowest BCUT2D eigenvalue weighted by Gasteiger charge is -2.29. The minimum atomic E-state index is -0.337. The van der Waals surface area contributed by atoms with Crippen LogP contribution in [-0.4, -0.2) is 43.2 Å². The van der Waals surface area contributed by atoms with E-state index in [0.717, 1.165) is 38.7 Å². The average Bonchev–Trinajstić information content (AvgIpc) is 3.62. The van der Waals surface area contributed by atoms with Gasteiger partial charge in [-0.15, -0.1) is 11.3 Å². The minimum Gasteiger partial charge on any atom is -0.453 e. The maximum absolute atomic E-state index is 13.5. The highest BCUT2D eigenvalue weighted by atomic mass is 32.2. The van der Waals surface area contributed by atoms with Gasteiger partial charge < -0.3 is 15.0 Å². The first-order valence-electron chi connectivity index (χ1n) is 12.3. The predicted octanol–water partition coefficient (Wildman–Crippen LogP) is 7.09. The summed E-state index contributed by atoms with van der Waals surface area (Å²) in [5, 5.41) is 5.89. The van der Waals surface area contributed by atoms with E-state index in [1.807, 2.05) is 28.5 Å². The molecule has 198 valence electrons. The lowest BCUT2D eigenvalue weighted by molar-refractivity contribution is -0.129.